The molecule has 0 aliphatic heterocycles. The fourth-order valence-corrected chi connectivity index (χ4v) is 0.621. The van der Waals surface area contributed by atoms with Gasteiger partial charge in [-0.05, 0) is 6.92 Å². The molecule has 0 aliphatic carbocycles. The first-order chi connectivity index (χ1) is 4.56. The second-order valence-corrected chi connectivity index (χ2v) is 2.54. The van der Waals surface area contributed by atoms with Crippen molar-refractivity contribution in [1.29, 1.82) is 0 Å². The lowest BCUT2D eigenvalue weighted by Gasteiger charge is -1.98. The molecule has 0 spiro atoms. The zero-order valence-corrected chi connectivity index (χ0v) is 6.43. The van der Waals surface area contributed by atoms with Gasteiger partial charge in [0.1, 0.15) is 0 Å². The van der Waals surface area contributed by atoms with E-state index in [0.717, 1.165) is 0 Å². The van der Waals surface area contributed by atoms with Crippen molar-refractivity contribution < 1.29 is 21.9 Å². The molecule has 0 aliphatic rings. The first-order valence-electron chi connectivity index (χ1n) is 2.76. The second-order valence-electron chi connectivity index (χ2n) is 1.45. The van der Waals surface area contributed by atoms with Crippen LogP contribution >= 0.6 is 0 Å². The fourth-order valence-electron chi connectivity index (χ4n) is 0.343. The van der Waals surface area contributed by atoms with Crippen molar-refractivity contribution in [2.24, 2.45) is 0 Å². The molecule has 0 saturated heterocycles. The molecule has 0 heterocycles. The van der Waals surface area contributed by atoms with E-state index < -0.39 is 10.4 Å². The Balaban J connectivity index is -0.0000000675. The molecule has 1 N–H and O–H groups in total. The van der Waals surface area contributed by atoms with Crippen LogP contribution in [0.1, 0.15) is 36.6 Å². The third-order valence-electron chi connectivity index (χ3n) is 0.664. The average Bonchev–Trinajstić information content (AvgIpc) is 1.78. The molecular formula is C8H26O5S. The van der Waals surface area contributed by atoms with Crippen molar-refractivity contribution in [3.8, 4) is 0 Å². The standard InChI is InChI=1S/C4H10O5S.4CH4/c1-2-8-3-4-9-10(5,6)7;;;;/h2-4H2,1H3,(H,5,6,7);4*1H4. The molecule has 0 aromatic heterocycles. The lowest BCUT2D eigenvalue weighted by molar-refractivity contribution is 0.107. The van der Waals surface area contributed by atoms with Crippen molar-refractivity contribution in [3.63, 3.8) is 0 Å². The van der Waals surface area contributed by atoms with Crippen molar-refractivity contribution in [2.75, 3.05) is 19.8 Å². The zero-order chi connectivity index (χ0) is 8.04. The van der Waals surface area contributed by atoms with Gasteiger partial charge in [0.15, 0.2) is 0 Å². The summed E-state index contributed by atoms with van der Waals surface area (Å²) in [6.07, 6.45) is 0. The Morgan fingerprint density at radius 1 is 1.07 bits per heavy atom. The zero-order valence-electron chi connectivity index (χ0n) is 5.61. The molecule has 0 aromatic rings. The summed E-state index contributed by atoms with van der Waals surface area (Å²) in [5.41, 5.74) is 0. The lowest BCUT2D eigenvalue weighted by Crippen LogP contribution is -2.09. The van der Waals surface area contributed by atoms with E-state index in [4.69, 9.17) is 9.29 Å². The van der Waals surface area contributed by atoms with Gasteiger partial charge < -0.3 is 4.74 Å². The smallest absolute Gasteiger partial charge is 0.379 e. The maximum atomic E-state index is 9.87. The van der Waals surface area contributed by atoms with Gasteiger partial charge in [0.2, 0.25) is 0 Å². The normalized spacial score (nSPS) is 8.43. The first kappa shape index (κ1) is 29.2. The molecule has 0 amide bonds. The third-order valence-corrected chi connectivity index (χ3v) is 1.13. The van der Waals surface area contributed by atoms with Crippen LogP contribution in [0.2, 0.25) is 0 Å². The summed E-state index contributed by atoms with van der Waals surface area (Å²) in [7, 11) is -4.28. The van der Waals surface area contributed by atoms with E-state index in [1.54, 1.807) is 6.92 Å². The summed E-state index contributed by atoms with van der Waals surface area (Å²) >= 11 is 0. The van der Waals surface area contributed by atoms with Gasteiger partial charge >= 0.3 is 10.4 Å². The molecule has 5 nitrogen and oxygen atoms in total. The van der Waals surface area contributed by atoms with E-state index in [-0.39, 0.29) is 42.9 Å². The highest BCUT2D eigenvalue weighted by molar-refractivity contribution is 7.80. The van der Waals surface area contributed by atoms with Crippen molar-refractivity contribution >= 4 is 10.4 Å². The van der Waals surface area contributed by atoms with E-state index in [1.807, 2.05) is 0 Å². The van der Waals surface area contributed by atoms with Gasteiger partial charge in [-0.3, -0.25) is 4.55 Å². The van der Waals surface area contributed by atoms with Crippen molar-refractivity contribution in [2.45, 2.75) is 36.6 Å². The number of rotatable bonds is 5. The summed E-state index contributed by atoms with van der Waals surface area (Å²) in [5, 5.41) is 0. The molecule has 0 atom stereocenters. The highest BCUT2D eigenvalue weighted by atomic mass is 32.3. The van der Waals surface area contributed by atoms with Gasteiger partial charge in [0, 0.05) is 6.61 Å². The molecule has 0 rings (SSSR count). The predicted octanol–water partition coefficient (Wildman–Crippen LogP) is 2.39. The van der Waals surface area contributed by atoms with Crippen LogP contribution in [-0.2, 0) is 19.3 Å². The van der Waals surface area contributed by atoms with E-state index >= 15 is 0 Å². The van der Waals surface area contributed by atoms with Gasteiger partial charge in [-0.25, -0.2) is 4.18 Å². The monoisotopic (exact) mass is 234 g/mol. The SMILES string of the molecule is C.C.C.C.CCOCCOS(=O)(=O)O. The Labute approximate surface area is 89.4 Å². The topological polar surface area (TPSA) is 72.8 Å². The summed E-state index contributed by atoms with van der Waals surface area (Å²) in [4.78, 5) is 0. The van der Waals surface area contributed by atoms with Crippen LogP contribution in [0.4, 0.5) is 0 Å². The first-order valence-corrected chi connectivity index (χ1v) is 4.12. The summed E-state index contributed by atoms with van der Waals surface area (Å²) < 4.78 is 36.4. The molecular weight excluding hydrogens is 208 g/mol. The molecule has 0 bridgehead atoms. The Kier molecular flexibility index (Phi) is 31.9. The third kappa shape index (κ3) is 29.7. The maximum absolute atomic E-state index is 9.87. The molecule has 0 radical (unpaired) electrons. The minimum absolute atomic E-state index is 0. The number of hydrogen-bond acceptors (Lipinski definition) is 4. The van der Waals surface area contributed by atoms with E-state index in [2.05, 4.69) is 4.18 Å². The van der Waals surface area contributed by atoms with E-state index in [9.17, 15) is 8.42 Å². The van der Waals surface area contributed by atoms with Gasteiger partial charge in [0.05, 0.1) is 13.2 Å². The van der Waals surface area contributed by atoms with Crippen LogP contribution in [0.15, 0.2) is 0 Å². The average molecular weight is 234 g/mol. The van der Waals surface area contributed by atoms with Gasteiger partial charge in [-0.2, -0.15) is 8.42 Å². The highest BCUT2D eigenvalue weighted by Gasteiger charge is 2.01. The minimum Gasteiger partial charge on any atom is -0.379 e. The van der Waals surface area contributed by atoms with Crippen LogP contribution in [-0.4, -0.2) is 32.8 Å². The quantitative estimate of drug-likeness (QED) is 0.584. The minimum atomic E-state index is -4.28. The largest absolute Gasteiger partial charge is 0.397 e. The Morgan fingerprint density at radius 2 is 1.50 bits per heavy atom. The van der Waals surface area contributed by atoms with E-state index in [1.165, 1.54) is 0 Å². The van der Waals surface area contributed by atoms with Crippen LogP contribution in [0.5, 0.6) is 0 Å². The van der Waals surface area contributed by atoms with Crippen LogP contribution in [0.25, 0.3) is 0 Å². The summed E-state index contributed by atoms with van der Waals surface area (Å²) in [6, 6.07) is 0. The fraction of sp³-hybridized carbons (Fsp3) is 1.00. The number of ether oxygens (including phenoxy) is 1. The molecule has 6 heteroatoms. The number of hydrogen-bond donors (Lipinski definition) is 1. The Hall–Kier alpha value is -0.170. The molecule has 0 saturated carbocycles. The molecule has 94 valence electrons. The van der Waals surface area contributed by atoms with Crippen LogP contribution < -0.4 is 0 Å². The van der Waals surface area contributed by atoms with Gasteiger partial charge in [-0.15, -0.1) is 0 Å². The molecule has 0 unspecified atom stereocenters. The highest BCUT2D eigenvalue weighted by Crippen LogP contribution is 1.85. The van der Waals surface area contributed by atoms with E-state index in [0.29, 0.717) is 6.61 Å². The van der Waals surface area contributed by atoms with Crippen molar-refractivity contribution in [1.82, 2.24) is 0 Å². The maximum Gasteiger partial charge on any atom is 0.397 e. The van der Waals surface area contributed by atoms with Crippen LogP contribution in [0.3, 0.4) is 0 Å². The molecule has 0 fully saturated rings. The second kappa shape index (κ2) is 15.3. The van der Waals surface area contributed by atoms with Crippen LogP contribution in [0, 0.1) is 0 Å². The predicted molar refractivity (Wildman–Crippen MR) is 60.9 cm³/mol. The summed E-state index contributed by atoms with van der Waals surface area (Å²) in [5.74, 6) is 0. The lowest BCUT2D eigenvalue weighted by atomic mass is 10.8. The van der Waals surface area contributed by atoms with Crippen molar-refractivity contribution in [3.05, 3.63) is 0 Å². The molecule has 0 aromatic carbocycles. The van der Waals surface area contributed by atoms with Gasteiger partial charge in [0.25, 0.3) is 0 Å². The Morgan fingerprint density at radius 3 is 1.79 bits per heavy atom. The molecule has 14 heavy (non-hydrogen) atoms. The van der Waals surface area contributed by atoms with Gasteiger partial charge in [-0.1, -0.05) is 29.7 Å². The summed E-state index contributed by atoms with van der Waals surface area (Å²) in [6.45, 7) is 2.28. The Bertz CT molecular complexity index is 165.